The Morgan fingerprint density at radius 2 is 1.62 bits per heavy atom. The normalized spacial score (nSPS) is 25.7. The lowest BCUT2D eigenvalue weighted by Crippen LogP contribution is -2.31. The van der Waals surface area contributed by atoms with Gasteiger partial charge in [0.15, 0.2) is 0 Å². The third-order valence-corrected chi connectivity index (χ3v) is 3.93. The van der Waals surface area contributed by atoms with E-state index in [2.05, 4.69) is 0 Å². The monoisotopic (exact) mass is 374 g/mol. The summed E-state index contributed by atoms with van der Waals surface area (Å²) in [6.07, 6.45) is 1.72. The Hall–Kier alpha value is -1.51. The maximum atomic E-state index is 11.0. The minimum absolute atomic E-state index is 0.164. The van der Waals surface area contributed by atoms with Crippen LogP contribution in [-0.2, 0) is 33.3 Å². The van der Waals surface area contributed by atoms with E-state index in [0.717, 1.165) is 0 Å². The van der Waals surface area contributed by atoms with Crippen molar-refractivity contribution < 1.29 is 38.4 Å². The number of carbonyl (C=O) groups excluding carboxylic acids is 3. The highest BCUT2D eigenvalue weighted by atomic mass is 16.5. The first-order valence-corrected chi connectivity index (χ1v) is 9.18. The Balaban J connectivity index is 0.000000260. The van der Waals surface area contributed by atoms with Gasteiger partial charge in [0.25, 0.3) is 0 Å². The number of aliphatic hydroxyl groups is 1. The molecule has 2 aliphatic heterocycles. The first-order valence-electron chi connectivity index (χ1n) is 9.18. The van der Waals surface area contributed by atoms with Crippen LogP contribution in [0.3, 0.4) is 0 Å². The van der Waals surface area contributed by atoms with Crippen LogP contribution >= 0.6 is 0 Å². The molecular weight excluding hydrogens is 344 g/mol. The lowest BCUT2D eigenvalue weighted by molar-refractivity contribution is -0.149. The van der Waals surface area contributed by atoms with Crippen LogP contribution in [0.5, 0.6) is 0 Å². The summed E-state index contributed by atoms with van der Waals surface area (Å²) in [5, 5.41) is 9.29. The Kier molecular flexibility index (Phi) is 11.1. The van der Waals surface area contributed by atoms with E-state index in [9.17, 15) is 19.5 Å². The zero-order chi connectivity index (χ0) is 19.4. The summed E-state index contributed by atoms with van der Waals surface area (Å²) < 4.78 is 20.1. The van der Waals surface area contributed by atoms with E-state index < -0.39 is 0 Å². The number of rotatable bonds is 6. The standard InChI is InChI=1S/C9H16O4.C9H14O4/c2*1-2-12-9(11)6-8-5-7(10)3-4-13-8/h7-8,10H,2-6H2,1H3;8H,2-6H2,1H3. The number of aliphatic hydroxyl groups excluding tert-OH is 1. The second-order valence-corrected chi connectivity index (χ2v) is 6.17. The fourth-order valence-corrected chi connectivity index (χ4v) is 2.70. The number of ether oxygens (including phenoxy) is 4. The van der Waals surface area contributed by atoms with Crippen molar-refractivity contribution in [2.75, 3.05) is 26.4 Å². The molecule has 2 saturated heterocycles. The molecule has 0 aliphatic carbocycles. The van der Waals surface area contributed by atoms with Crippen LogP contribution in [0.25, 0.3) is 0 Å². The quantitative estimate of drug-likeness (QED) is 0.690. The van der Waals surface area contributed by atoms with Crippen LogP contribution in [0.15, 0.2) is 0 Å². The van der Waals surface area contributed by atoms with Gasteiger partial charge < -0.3 is 24.1 Å². The molecule has 150 valence electrons. The zero-order valence-electron chi connectivity index (χ0n) is 15.6. The van der Waals surface area contributed by atoms with Crippen molar-refractivity contribution in [3.05, 3.63) is 0 Å². The molecule has 2 heterocycles. The maximum Gasteiger partial charge on any atom is 0.308 e. The Labute approximate surface area is 154 Å². The zero-order valence-corrected chi connectivity index (χ0v) is 15.6. The molecule has 8 heteroatoms. The minimum atomic E-state index is -0.326. The van der Waals surface area contributed by atoms with Crippen molar-refractivity contribution in [1.29, 1.82) is 0 Å². The van der Waals surface area contributed by atoms with Crippen LogP contribution in [-0.4, -0.2) is 67.6 Å². The number of hydrogen-bond acceptors (Lipinski definition) is 8. The fraction of sp³-hybridized carbons (Fsp3) is 0.833. The molecule has 0 radical (unpaired) electrons. The summed E-state index contributed by atoms with van der Waals surface area (Å²) in [6.45, 7) is 5.26. The lowest BCUT2D eigenvalue weighted by Gasteiger charge is -2.25. The van der Waals surface area contributed by atoms with Crippen LogP contribution in [0.4, 0.5) is 0 Å². The first kappa shape index (κ1) is 22.5. The molecule has 0 amide bonds. The van der Waals surface area contributed by atoms with Crippen molar-refractivity contribution >= 4 is 17.7 Å². The van der Waals surface area contributed by atoms with Crippen LogP contribution < -0.4 is 0 Å². The molecule has 3 atom stereocenters. The van der Waals surface area contributed by atoms with Crippen molar-refractivity contribution in [1.82, 2.24) is 0 Å². The third-order valence-electron chi connectivity index (χ3n) is 3.93. The van der Waals surface area contributed by atoms with Crippen LogP contribution in [0.2, 0.25) is 0 Å². The topological polar surface area (TPSA) is 108 Å². The van der Waals surface area contributed by atoms with E-state index in [1.54, 1.807) is 13.8 Å². The summed E-state index contributed by atoms with van der Waals surface area (Å²) in [7, 11) is 0. The van der Waals surface area contributed by atoms with Gasteiger partial charge in [0.1, 0.15) is 5.78 Å². The molecule has 0 saturated carbocycles. The first-order chi connectivity index (χ1) is 12.4. The number of hydrogen-bond donors (Lipinski definition) is 1. The second kappa shape index (κ2) is 12.8. The van der Waals surface area contributed by atoms with E-state index in [0.29, 0.717) is 52.1 Å². The second-order valence-electron chi connectivity index (χ2n) is 6.17. The van der Waals surface area contributed by atoms with Gasteiger partial charge in [-0.3, -0.25) is 14.4 Å². The van der Waals surface area contributed by atoms with E-state index in [-0.39, 0.29) is 48.9 Å². The molecule has 2 aliphatic rings. The molecule has 8 nitrogen and oxygen atoms in total. The lowest BCUT2D eigenvalue weighted by atomic mass is 10.0. The predicted octanol–water partition coefficient (Wildman–Crippen LogP) is 1.17. The van der Waals surface area contributed by atoms with Gasteiger partial charge in [0.05, 0.1) is 51.0 Å². The van der Waals surface area contributed by atoms with Gasteiger partial charge >= 0.3 is 11.9 Å². The van der Waals surface area contributed by atoms with Gasteiger partial charge in [-0.05, 0) is 20.3 Å². The largest absolute Gasteiger partial charge is 0.466 e. The Morgan fingerprint density at radius 1 is 1.04 bits per heavy atom. The molecular formula is C18H30O8. The predicted molar refractivity (Wildman–Crippen MR) is 91.5 cm³/mol. The van der Waals surface area contributed by atoms with Gasteiger partial charge in [-0.1, -0.05) is 0 Å². The average Bonchev–Trinajstić information content (AvgIpc) is 2.56. The van der Waals surface area contributed by atoms with Crippen LogP contribution in [0.1, 0.15) is 52.4 Å². The van der Waals surface area contributed by atoms with E-state index in [1.165, 1.54) is 0 Å². The average molecular weight is 374 g/mol. The van der Waals surface area contributed by atoms with Crippen molar-refractivity contribution in [2.45, 2.75) is 70.7 Å². The van der Waals surface area contributed by atoms with Gasteiger partial charge in [-0.2, -0.15) is 0 Å². The summed E-state index contributed by atoms with van der Waals surface area (Å²) >= 11 is 0. The number of ketones is 1. The summed E-state index contributed by atoms with van der Waals surface area (Å²) in [5.74, 6) is -0.371. The smallest absolute Gasteiger partial charge is 0.308 e. The summed E-state index contributed by atoms with van der Waals surface area (Å²) in [5.41, 5.74) is 0. The van der Waals surface area contributed by atoms with Crippen molar-refractivity contribution in [3.8, 4) is 0 Å². The highest BCUT2D eigenvalue weighted by Crippen LogP contribution is 2.16. The summed E-state index contributed by atoms with van der Waals surface area (Å²) in [6, 6.07) is 0. The number of carbonyl (C=O) groups is 3. The van der Waals surface area contributed by atoms with Gasteiger partial charge in [-0.25, -0.2) is 0 Å². The van der Waals surface area contributed by atoms with Crippen LogP contribution in [0, 0.1) is 0 Å². The third kappa shape index (κ3) is 9.84. The summed E-state index contributed by atoms with van der Waals surface area (Å²) in [4.78, 5) is 33.0. The van der Waals surface area contributed by atoms with Gasteiger partial charge in [0, 0.05) is 25.9 Å². The van der Waals surface area contributed by atoms with Crippen molar-refractivity contribution in [3.63, 3.8) is 0 Å². The highest BCUT2D eigenvalue weighted by Gasteiger charge is 2.24. The molecule has 0 spiro atoms. The molecule has 3 unspecified atom stereocenters. The van der Waals surface area contributed by atoms with Gasteiger partial charge in [-0.15, -0.1) is 0 Å². The molecule has 0 aromatic rings. The molecule has 0 aromatic carbocycles. The molecule has 2 rings (SSSR count). The number of Topliss-reactive ketones (excluding diaryl/α,β-unsaturated/α-hetero) is 1. The molecule has 2 fully saturated rings. The van der Waals surface area contributed by atoms with E-state index in [4.69, 9.17) is 18.9 Å². The highest BCUT2D eigenvalue weighted by molar-refractivity contribution is 5.80. The number of esters is 2. The molecule has 0 bridgehead atoms. The molecule has 0 aromatic heterocycles. The van der Waals surface area contributed by atoms with E-state index >= 15 is 0 Å². The Bertz CT molecular complexity index is 450. The van der Waals surface area contributed by atoms with Gasteiger partial charge in [0.2, 0.25) is 0 Å². The minimum Gasteiger partial charge on any atom is -0.466 e. The fourth-order valence-electron chi connectivity index (χ4n) is 2.70. The van der Waals surface area contributed by atoms with Crippen molar-refractivity contribution in [2.24, 2.45) is 0 Å². The maximum absolute atomic E-state index is 11.0. The van der Waals surface area contributed by atoms with E-state index in [1.807, 2.05) is 0 Å². The molecule has 1 N–H and O–H groups in total. The Morgan fingerprint density at radius 3 is 2.15 bits per heavy atom. The SMILES string of the molecule is CCOC(=O)CC1CC(=O)CCO1.CCOC(=O)CC1CC(O)CCO1. The molecule has 26 heavy (non-hydrogen) atoms.